The Morgan fingerprint density at radius 2 is 1.83 bits per heavy atom. The zero-order valence-electron chi connectivity index (χ0n) is 14.5. The van der Waals surface area contributed by atoms with Crippen LogP contribution in [-0.2, 0) is 20.0 Å². The summed E-state index contributed by atoms with van der Waals surface area (Å²) in [6.07, 6.45) is 3.47. The summed E-state index contributed by atoms with van der Waals surface area (Å²) in [7, 11) is 1.91. The van der Waals surface area contributed by atoms with E-state index in [4.69, 9.17) is 0 Å². The van der Waals surface area contributed by atoms with Crippen molar-refractivity contribution in [3.63, 3.8) is 0 Å². The standard InChI is InChI=1S/C20H26N2O2/c1-15-12-19(23)20(24)18(21(15)2)14-22-10-8-17(9-11-22)13-16-6-4-3-5-7-16/h3-7,12,17,24H,8-11,13-14H2,1-2H3. The van der Waals surface area contributed by atoms with Gasteiger partial charge in [0, 0.05) is 25.4 Å². The van der Waals surface area contributed by atoms with Crippen LogP contribution in [0.2, 0.25) is 0 Å². The summed E-state index contributed by atoms with van der Waals surface area (Å²) in [6.45, 7) is 4.56. The van der Waals surface area contributed by atoms with Crippen LogP contribution in [0.5, 0.6) is 5.75 Å². The molecule has 1 aliphatic rings. The molecule has 0 atom stereocenters. The van der Waals surface area contributed by atoms with E-state index in [1.54, 1.807) is 0 Å². The molecule has 0 amide bonds. The van der Waals surface area contributed by atoms with Crippen LogP contribution in [0.1, 0.15) is 29.8 Å². The van der Waals surface area contributed by atoms with E-state index < -0.39 is 0 Å². The number of nitrogens with zero attached hydrogens (tertiary/aromatic N) is 2. The Bertz CT molecular complexity index is 744. The molecular weight excluding hydrogens is 300 g/mol. The molecule has 4 nitrogen and oxygen atoms in total. The zero-order chi connectivity index (χ0) is 17.1. The van der Waals surface area contributed by atoms with Gasteiger partial charge in [0.1, 0.15) is 0 Å². The molecule has 2 aromatic rings. The summed E-state index contributed by atoms with van der Waals surface area (Å²) in [5.41, 5.74) is 2.74. The predicted molar refractivity (Wildman–Crippen MR) is 96.2 cm³/mol. The van der Waals surface area contributed by atoms with Crippen molar-refractivity contribution in [1.29, 1.82) is 0 Å². The summed E-state index contributed by atoms with van der Waals surface area (Å²) in [5, 5.41) is 10.1. The highest BCUT2D eigenvalue weighted by Crippen LogP contribution is 2.24. The van der Waals surface area contributed by atoms with Crippen LogP contribution in [0.3, 0.4) is 0 Å². The first-order valence-corrected chi connectivity index (χ1v) is 8.69. The first-order valence-electron chi connectivity index (χ1n) is 8.69. The van der Waals surface area contributed by atoms with Crippen molar-refractivity contribution in [2.45, 2.75) is 32.7 Å². The third kappa shape index (κ3) is 3.70. The lowest BCUT2D eigenvalue weighted by atomic mass is 9.90. The average molecular weight is 326 g/mol. The number of piperidine rings is 1. The van der Waals surface area contributed by atoms with E-state index in [9.17, 15) is 9.90 Å². The molecule has 1 fully saturated rings. The lowest BCUT2D eigenvalue weighted by Crippen LogP contribution is -2.35. The van der Waals surface area contributed by atoms with E-state index in [1.807, 2.05) is 18.5 Å². The minimum absolute atomic E-state index is 0.102. The van der Waals surface area contributed by atoms with E-state index in [0.29, 0.717) is 6.54 Å². The van der Waals surface area contributed by atoms with Gasteiger partial charge in [-0.3, -0.25) is 9.69 Å². The average Bonchev–Trinajstić information content (AvgIpc) is 2.59. The van der Waals surface area contributed by atoms with E-state index in [1.165, 1.54) is 11.6 Å². The summed E-state index contributed by atoms with van der Waals surface area (Å²) in [6, 6.07) is 12.2. The van der Waals surface area contributed by atoms with E-state index in [0.717, 1.165) is 49.7 Å². The van der Waals surface area contributed by atoms with Gasteiger partial charge in [0.25, 0.3) is 0 Å². The summed E-state index contributed by atoms with van der Waals surface area (Å²) in [5.74, 6) is 0.619. The lowest BCUT2D eigenvalue weighted by Gasteiger charge is -2.32. The fraction of sp³-hybridized carbons (Fsp3) is 0.450. The van der Waals surface area contributed by atoms with Crippen LogP contribution in [0.25, 0.3) is 0 Å². The maximum Gasteiger partial charge on any atom is 0.223 e. The van der Waals surface area contributed by atoms with Crippen molar-refractivity contribution in [2.24, 2.45) is 13.0 Å². The maximum absolute atomic E-state index is 11.8. The Morgan fingerprint density at radius 3 is 2.50 bits per heavy atom. The first kappa shape index (κ1) is 16.8. The van der Waals surface area contributed by atoms with Gasteiger partial charge in [0.15, 0.2) is 5.75 Å². The predicted octanol–water partition coefficient (Wildman–Crippen LogP) is 2.85. The SMILES string of the molecule is Cc1cc(=O)c(O)c(CN2CCC(Cc3ccccc3)CC2)n1C. The molecule has 0 unspecified atom stereocenters. The Hall–Kier alpha value is -2.07. The van der Waals surface area contributed by atoms with Gasteiger partial charge in [-0.25, -0.2) is 0 Å². The number of aromatic nitrogens is 1. The second kappa shape index (κ2) is 7.22. The fourth-order valence-corrected chi connectivity index (χ4v) is 3.56. The van der Waals surface area contributed by atoms with Crippen molar-refractivity contribution >= 4 is 0 Å². The minimum Gasteiger partial charge on any atom is -0.503 e. The van der Waals surface area contributed by atoms with Crippen molar-refractivity contribution in [2.75, 3.05) is 13.1 Å². The molecule has 1 aromatic heterocycles. The smallest absolute Gasteiger partial charge is 0.223 e. The number of rotatable bonds is 4. The van der Waals surface area contributed by atoms with Gasteiger partial charge in [-0.15, -0.1) is 0 Å². The number of pyridine rings is 1. The Morgan fingerprint density at radius 1 is 1.17 bits per heavy atom. The third-order valence-electron chi connectivity index (χ3n) is 5.23. The van der Waals surface area contributed by atoms with Gasteiger partial charge in [-0.2, -0.15) is 0 Å². The quantitative estimate of drug-likeness (QED) is 0.940. The monoisotopic (exact) mass is 326 g/mol. The number of benzene rings is 1. The maximum atomic E-state index is 11.8. The number of likely N-dealkylation sites (tertiary alicyclic amines) is 1. The van der Waals surface area contributed by atoms with Gasteiger partial charge >= 0.3 is 0 Å². The molecule has 1 aliphatic heterocycles. The molecule has 0 spiro atoms. The molecule has 3 rings (SSSR count). The molecule has 1 N–H and O–H groups in total. The highest BCUT2D eigenvalue weighted by atomic mass is 16.3. The van der Waals surface area contributed by atoms with Crippen LogP contribution < -0.4 is 5.43 Å². The molecule has 1 aromatic carbocycles. The van der Waals surface area contributed by atoms with Crippen molar-refractivity contribution < 1.29 is 5.11 Å². The number of aryl methyl sites for hydroxylation is 1. The summed E-state index contributed by atoms with van der Waals surface area (Å²) >= 11 is 0. The van der Waals surface area contributed by atoms with Crippen LogP contribution in [0.4, 0.5) is 0 Å². The topological polar surface area (TPSA) is 45.5 Å². The minimum atomic E-state index is -0.278. The van der Waals surface area contributed by atoms with E-state index in [2.05, 4.69) is 35.2 Å². The van der Waals surface area contributed by atoms with E-state index >= 15 is 0 Å². The van der Waals surface area contributed by atoms with Gasteiger partial charge in [0.05, 0.1) is 5.69 Å². The summed E-state index contributed by atoms with van der Waals surface area (Å²) in [4.78, 5) is 14.2. The largest absolute Gasteiger partial charge is 0.503 e. The molecular formula is C20H26N2O2. The van der Waals surface area contributed by atoms with Gasteiger partial charge in [-0.1, -0.05) is 30.3 Å². The molecule has 2 heterocycles. The molecule has 4 heteroatoms. The second-order valence-corrected chi connectivity index (χ2v) is 6.91. The van der Waals surface area contributed by atoms with Crippen LogP contribution in [0.15, 0.2) is 41.2 Å². The Kier molecular flexibility index (Phi) is 5.05. The Balaban J connectivity index is 1.61. The zero-order valence-corrected chi connectivity index (χ0v) is 14.5. The normalized spacial score (nSPS) is 16.4. The molecule has 0 saturated carbocycles. The van der Waals surface area contributed by atoms with Crippen LogP contribution in [-0.4, -0.2) is 27.7 Å². The fourth-order valence-electron chi connectivity index (χ4n) is 3.56. The Labute approximate surface area is 143 Å². The lowest BCUT2D eigenvalue weighted by molar-refractivity contribution is 0.171. The van der Waals surface area contributed by atoms with Crippen molar-refractivity contribution in [1.82, 2.24) is 9.47 Å². The molecule has 1 saturated heterocycles. The van der Waals surface area contributed by atoms with Gasteiger partial charge < -0.3 is 9.67 Å². The molecule has 0 aliphatic carbocycles. The van der Waals surface area contributed by atoms with Crippen molar-refractivity contribution in [3.8, 4) is 5.75 Å². The first-order chi connectivity index (χ1) is 11.5. The number of hydrogen-bond acceptors (Lipinski definition) is 3. The molecule has 0 bridgehead atoms. The number of aromatic hydroxyl groups is 1. The molecule has 0 radical (unpaired) electrons. The number of hydrogen-bond donors (Lipinski definition) is 1. The van der Waals surface area contributed by atoms with Gasteiger partial charge in [-0.05, 0) is 50.8 Å². The van der Waals surface area contributed by atoms with Crippen molar-refractivity contribution in [3.05, 3.63) is 63.6 Å². The second-order valence-electron chi connectivity index (χ2n) is 6.91. The highest BCUT2D eigenvalue weighted by Gasteiger charge is 2.21. The molecule has 128 valence electrons. The summed E-state index contributed by atoms with van der Waals surface area (Å²) < 4.78 is 1.92. The third-order valence-corrected chi connectivity index (χ3v) is 5.23. The molecule has 24 heavy (non-hydrogen) atoms. The van der Waals surface area contributed by atoms with Crippen LogP contribution in [0, 0.1) is 12.8 Å². The van der Waals surface area contributed by atoms with E-state index in [-0.39, 0.29) is 11.2 Å². The van der Waals surface area contributed by atoms with Gasteiger partial charge in [0.2, 0.25) is 5.43 Å². The highest BCUT2D eigenvalue weighted by molar-refractivity contribution is 5.29. The van der Waals surface area contributed by atoms with Crippen LogP contribution >= 0.6 is 0 Å².